The molecule has 1 aliphatic rings. The van der Waals surface area contributed by atoms with Crippen LogP contribution >= 0.6 is 0 Å². The first kappa shape index (κ1) is 14.3. The van der Waals surface area contributed by atoms with E-state index < -0.39 is 24.0 Å². The van der Waals surface area contributed by atoms with Crippen LogP contribution in [0.5, 0.6) is 0 Å². The average Bonchev–Trinajstić information content (AvgIpc) is 2.96. The van der Waals surface area contributed by atoms with Crippen LogP contribution in [0.4, 0.5) is 0 Å². The number of rotatable bonds is 5. The summed E-state index contributed by atoms with van der Waals surface area (Å²) in [4.78, 5) is 36.8. The van der Waals surface area contributed by atoms with Gasteiger partial charge in [-0.3, -0.25) is 9.59 Å². The number of carbonyl (C=O) groups excluding carboxylic acids is 2. The van der Waals surface area contributed by atoms with Crippen LogP contribution in [0.25, 0.3) is 0 Å². The molecule has 1 fully saturated rings. The van der Waals surface area contributed by atoms with Crippen molar-refractivity contribution >= 4 is 11.9 Å². The number of hydrogen-bond donors (Lipinski definition) is 2. The van der Waals surface area contributed by atoms with Gasteiger partial charge in [0.2, 0.25) is 0 Å². The van der Waals surface area contributed by atoms with Crippen molar-refractivity contribution in [2.75, 3.05) is 19.8 Å². The van der Waals surface area contributed by atoms with E-state index in [1.54, 1.807) is 0 Å². The van der Waals surface area contributed by atoms with Crippen LogP contribution in [0.15, 0.2) is 23.1 Å². The molecule has 7 heteroatoms. The van der Waals surface area contributed by atoms with Crippen molar-refractivity contribution in [1.29, 1.82) is 0 Å². The van der Waals surface area contributed by atoms with E-state index in [2.05, 4.69) is 10.3 Å². The molecule has 0 radical (unpaired) electrons. The summed E-state index contributed by atoms with van der Waals surface area (Å²) in [5.41, 5.74) is -0.670. The van der Waals surface area contributed by atoms with Gasteiger partial charge in [0, 0.05) is 19.3 Å². The van der Waals surface area contributed by atoms with Gasteiger partial charge in [0.15, 0.2) is 6.61 Å². The van der Waals surface area contributed by atoms with Crippen LogP contribution in [0.2, 0.25) is 0 Å². The molecule has 1 atom stereocenters. The number of nitrogens with one attached hydrogen (secondary N) is 2. The first-order valence-corrected chi connectivity index (χ1v) is 6.40. The van der Waals surface area contributed by atoms with Gasteiger partial charge in [0.1, 0.15) is 5.56 Å². The molecule has 1 aromatic rings. The smallest absolute Gasteiger partial charge is 0.344 e. The van der Waals surface area contributed by atoms with Crippen molar-refractivity contribution < 1.29 is 19.1 Å². The lowest BCUT2D eigenvalue weighted by atomic mass is 10.2. The fraction of sp³-hybridized carbons (Fsp3) is 0.462. The topological polar surface area (TPSA) is 97.5 Å². The fourth-order valence-electron chi connectivity index (χ4n) is 1.88. The number of pyridine rings is 1. The first-order valence-electron chi connectivity index (χ1n) is 6.40. The Kier molecular flexibility index (Phi) is 4.89. The van der Waals surface area contributed by atoms with Gasteiger partial charge in [-0.2, -0.15) is 0 Å². The zero-order valence-electron chi connectivity index (χ0n) is 10.9. The van der Waals surface area contributed by atoms with Gasteiger partial charge in [-0.15, -0.1) is 0 Å². The highest BCUT2D eigenvalue weighted by Crippen LogP contribution is 2.10. The highest BCUT2D eigenvalue weighted by atomic mass is 16.5. The van der Waals surface area contributed by atoms with E-state index in [0.29, 0.717) is 13.2 Å². The monoisotopic (exact) mass is 280 g/mol. The van der Waals surface area contributed by atoms with Crippen molar-refractivity contribution in [3.05, 3.63) is 34.2 Å². The van der Waals surface area contributed by atoms with Gasteiger partial charge in [0.05, 0.1) is 6.10 Å². The molecule has 0 saturated carbocycles. The molecule has 1 saturated heterocycles. The van der Waals surface area contributed by atoms with Crippen LogP contribution in [0.3, 0.4) is 0 Å². The van der Waals surface area contributed by atoms with Gasteiger partial charge in [-0.25, -0.2) is 4.79 Å². The lowest BCUT2D eigenvalue weighted by Crippen LogP contribution is -2.35. The minimum Gasteiger partial charge on any atom is -0.452 e. The van der Waals surface area contributed by atoms with Crippen LogP contribution in [-0.2, 0) is 14.3 Å². The average molecular weight is 280 g/mol. The number of aromatic nitrogens is 1. The summed E-state index contributed by atoms with van der Waals surface area (Å²) in [6, 6.07) is 2.85. The summed E-state index contributed by atoms with van der Waals surface area (Å²) < 4.78 is 10.1. The van der Waals surface area contributed by atoms with Crippen molar-refractivity contribution in [2.24, 2.45) is 0 Å². The highest BCUT2D eigenvalue weighted by molar-refractivity contribution is 5.90. The van der Waals surface area contributed by atoms with Crippen molar-refractivity contribution in [3.63, 3.8) is 0 Å². The third kappa shape index (κ3) is 3.92. The normalized spacial score (nSPS) is 17.7. The molecular weight excluding hydrogens is 264 g/mol. The van der Waals surface area contributed by atoms with Gasteiger partial charge in [-0.05, 0) is 25.0 Å². The molecule has 0 unspecified atom stereocenters. The predicted molar refractivity (Wildman–Crippen MR) is 69.3 cm³/mol. The van der Waals surface area contributed by atoms with Gasteiger partial charge >= 0.3 is 5.97 Å². The Morgan fingerprint density at radius 2 is 2.35 bits per heavy atom. The maximum absolute atomic E-state index is 11.6. The van der Waals surface area contributed by atoms with E-state index in [1.807, 2.05) is 0 Å². The van der Waals surface area contributed by atoms with E-state index >= 15 is 0 Å². The van der Waals surface area contributed by atoms with E-state index in [4.69, 9.17) is 9.47 Å². The molecule has 1 aliphatic heterocycles. The Hall–Kier alpha value is -2.15. The molecular formula is C13H16N2O5. The van der Waals surface area contributed by atoms with Gasteiger partial charge < -0.3 is 19.8 Å². The summed E-state index contributed by atoms with van der Waals surface area (Å²) in [5.74, 6) is -1.24. The quantitative estimate of drug-likeness (QED) is 0.730. The van der Waals surface area contributed by atoms with Crippen molar-refractivity contribution in [3.8, 4) is 0 Å². The number of H-pyrrole nitrogens is 1. The lowest BCUT2D eigenvalue weighted by molar-refractivity contribution is -0.124. The van der Waals surface area contributed by atoms with Crippen molar-refractivity contribution in [1.82, 2.24) is 10.3 Å². The van der Waals surface area contributed by atoms with Crippen LogP contribution in [0.1, 0.15) is 23.2 Å². The van der Waals surface area contributed by atoms with E-state index in [1.165, 1.54) is 18.3 Å². The maximum Gasteiger partial charge on any atom is 0.344 e. The summed E-state index contributed by atoms with van der Waals surface area (Å²) in [7, 11) is 0. The number of carbonyl (C=O) groups is 2. The third-order valence-corrected chi connectivity index (χ3v) is 2.92. The Morgan fingerprint density at radius 3 is 3.05 bits per heavy atom. The highest BCUT2D eigenvalue weighted by Gasteiger charge is 2.17. The number of amides is 1. The molecule has 108 valence electrons. The number of esters is 1. The minimum atomic E-state index is -0.820. The zero-order chi connectivity index (χ0) is 14.4. The summed E-state index contributed by atoms with van der Waals surface area (Å²) in [6.07, 6.45) is 3.35. The molecule has 2 N–H and O–H groups in total. The number of hydrogen-bond acceptors (Lipinski definition) is 5. The van der Waals surface area contributed by atoms with Gasteiger partial charge in [0.25, 0.3) is 11.5 Å². The second kappa shape index (κ2) is 6.85. The maximum atomic E-state index is 11.6. The third-order valence-electron chi connectivity index (χ3n) is 2.92. The SMILES string of the molecule is O=C(COC(=O)c1ccc[nH]c1=O)NC[C@H]1CCCO1. The molecule has 0 aromatic carbocycles. The van der Waals surface area contributed by atoms with E-state index in [-0.39, 0.29) is 11.7 Å². The number of aromatic amines is 1. The Bertz CT molecular complexity index is 534. The minimum absolute atomic E-state index is 0.0339. The van der Waals surface area contributed by atoms with E-state index in [0.717, 1.165) is 12.8 Å². The van der Waals surface area contributed by atoms with Crippen LogP contribution in [0, 0.1) is 0 Å². The number of ether oxygens (including phenoxy) is 2. The molecule has 2 rings (SSSR count). The summed E-state index contributed by atoms with van der Waals surface area (Å²) >= 11 is 0. The molecule has 7 nitrogen and oxygen atoms in total. The lowest BCUT2D eigenvalue weighted by Gasteiger charge is -2.10. The molecule has 0 aliphatic carbocycles. The zero-order valence-corrected chi connectivity index (χ0v) is 10.9. The Morgan fingerprint density at radius 1 is 1.50 bits per heavy atom. The van der Waals surface area contributed by atoms with Gasteiger partial charge in [-0.1, -0.05) is 0 Å². The second-order valence-corrected chi connectivity index (χ2v) is 4.43. The first-order chi connectivity index (χ1) is 9.66. The molecule has 0 spiro atoms. The van der Waals surface area contributed by atoms with Crippen LogP contribution in [-0.4, -0.2) is 42.7 Å². The standard InChI is InChI=1S/C13H16N2O5/c16-11(15-7-9-3-2-6-19-9)8-20-13(18)10-4-1-5-14-12(10)17/h1,4-5,9H,2-3,6-8H2,(H,14,17)(H,15,16)/t9-/m1/s1. The Labute approximate surface area is 115 Å². The fourth-order valence-corrected chi connectivity index (χ4v) is 1.88. The van der Waals surface area contributed by atoms with E-state index in [9.17, 15) is 14.4 Å². The molecule has 0 bridgehead atoms. The Balaban J connectivity index is 1.74. The largest absolute Gasteiger partial charge is 0.452 e. The predicted octanol–water partition coefficient (Wildman–Crippen LogP) is -0.173. The summed E-state index contributed by atoms with van der Waals surface area (Å²) in [5, 5.41) is 2.62. The van der Waals surface area contributed by atoms with Crippen molar-refractivity contribution in [2.45, 2.75) is 18.9 Å². The molecule has 1 aromatic heterocycles. The second-order valence-electron chi connectivity index (χ2n) is 4.43. The van der Waals surface area contributed by atoms with Crippen LogP contribution < -0.4 is 10.9 Å². The molecule has 2 heterocycles. The summed E-state index contributed by atoms with van der Waals surface area (Å²) in [6.45, 7) is 0.703. The molecule has 1 amide bonds. The molecule has 20 heavy (non-hydrogen) atoms.